The van der Waals surface area contributed by atoms with E-state index in [1.165, 1.54) is 0 Å². The van der Waals surface area contributed by atoms with Crippen LogP contribution in [0.3, 0.4) is 0 Å². The molecule has 372 valence electrons. The molecule has 0 bridgehead atoms. The van der Waals surface area contributed by atoms with Gasteiger partial charge in [-0.1, -0.05) is 30.3 Å². The first kappa shape index (κ1) is 57.9. The summed E-state index contributed by atoms with van der Waals surface area (Å²) in [6.07, 6.45) is -2.72. The predicted molar refractivity (Wildman–Crippen MR) is 249 cm³/mol. The minimum atomic E-state index is -0.659. The molecule has 0 fully saturated rings. The van der Waals surface area contributed by atoms with E-state index in [9.17, 15) is 28.8 Å². The van der Waals surface area contributed by atoms with E-state index in [0.29, 0.717) is 65.4 Å². The van der Waals surface area contributed by atoms with E-state index in [1.54, 1.807) is 83.1 Å². The van der Waals surface area contributed by atoms with Crippen molar-refractivity contribution in [3.8, 4) is 0 Å². The van der Waals surface area contributed by atoms with Gasteiger partial charge in [0.05, 0.1) is 0 Å². The summed E-state index contributed by atoms with van der Waals surface area (Å²) in [4.78, 5) is 81.1. The number of rotatable bonds is 26. The van der Waals surface area contributed by atoms with Crippen molar-refractivity contribution in [1.29, 1.82) is 0 Å². The van der Waals surface area contributed by atoms with Crippen LogP contribution in [0.15, 0.2) is 30.3 Å². The zero-order valence-corrected chi connectivity index (χ0v) is 41.2. The lowest BCUT2D eigenvalue weighted by atomic mass is 10.2. The number of benzene rings is 1. The Hall–Kier alpha value is -5.08. The second-order valence-electron chi connectivity index (χ2n) is 19.3. The molecule has 1 rings (SSSR count). The average molecular weight is 924 g/mol. The van der Waals surface area contributed by atoms with Crippen molar-refractivity contribution in [3.63, 3.8) is 0 Å². The smallest absolute Gasteiger partial charge is 0.407 e. The van der Waals surface area contributed by atoms with Gasteiger partial charge in [-0.15, -0.1) is 0 Å². The van der Waals surface area contributed by atoms with Crippen molar-refractivity contribution in [1.82, 2.24) is 46.6 Å². The second kappa shape index (κ2) is 29.5. The quantitative estimate of drug-likeness (QED) is 0.0707. The molecule has 65 heavy (non-hydrogen) atoms. The molecule has 0 spiro atoms. The summed E-state index contributed by atoms with van der Waals surface area (Å²) < 4.78 is 26.9. The Labute approximate surface area is 387 Å². The number of alkyl carbamates (subject to hydrolysis) is 5. The van der Waals surface area contributed by atoms with Crippen LogP contribution in [-0.4, -0.2) is 172 Å². The number of amides is 6. The Bertz CT molecular complexity index is 1430. The molecule has 20 heteroatoms. The number of nitrogens with one attached hydrogen (secondary N) is 6. The molecule has 0 saturated carbocycles. The fraction of sp³-hybridized carbons (Fsp3) is 0.733. The van der Waals surface area contributed by atoms with Crippen LogP contribution in [0.4, 0.5) is 24.0 Å². The molecule has 6 N–H and O–H groups in total. The third-order valence-corrected chi connectivity index (χ3v) is 8.43. The van der Waals surface area contributed by atoms with Gasteiger partial charge in [-0.2, -0.15) is 0 Å². The van der Waals surface area contributed by atoms with Gasteiger partial charge < -0.3 is 55.6 Å². The highest BCUT2D eigenvalue weighted by Crippen LogP contribution is 2.09. The number of carbonyl (C=O) groups excluding carboxylic acids is 6. The van der Waals surface area contributed by atoms with E-state index in [0.717, 1.165) is 5.56 Å². The zero-order chi connectivity index (χ0) is 49.1. The molecule has 0 aliphatic heterocycles. The summed E-state index contributed by atoms with van der Waals surface area (Å²) >= 11 is 0. The summed E-state index contributed by atoms with van der Waals surface area (Å²) in [5, 5.41) is 16.7. The van der Waals surface area contributed by atoms with Crippen LogP contribution in [0.1, 0.15) is 95.1 Å². The molecule has 0 heterocycles. The molecular formula is C45H81N9O11. The van der Waals surface area contributed by atoms with E-state index < -0.39 is 52.9 Å². The van der Waals surface area contributed by atoms with Gasteiger partial charge in [0.15, 0.2) is 0 Å². The molecule has 0 unspecified atom stereocenters. The SMILES string of the molecule is CC(C)(C)OC(=O)NCCN(CCNC(=O)OC(C)(C)C)CCN(CCNC(=O)CCNC(=O)OCc1ccccc1)CCN(CCNC(=O)OC(C)(C)C)CCNC(=O)OC(C)(C)C. The molecule has 20 nitrogen and oxygen atoms in total. The highest BCUT2D eigenvalue weighted by molar-refractivity contribution is 5.77. The normalized spacial score (nSPS) is 12.0. The lowest BCUT2D eigenvalue weighted by Crippen LogP contribution is -2.47. The minimum absolute atomic E-state index is 0.0482. The van der Waals surface area contributed by atoms with Crippen LogP contribution in [0.25, 0.3) is 0 Å². The van der Waals surface area contributed by atoms with Gasteiger partial charge in [0.2, 0.25) is 5.91 Å². The molecule has 0 radical (unpaired) electrons. The van der Waals surface area contributed by atoms with Gasteiger partial charge in [-0.25, -0.2) is 24.0 Å². The van der Waals surface area contributed by atoms with Crippen LogP contribution in [0.5, 0.6) is 0 Å². The largest absolute Gasteiger partial charge is 0.445 e. The average Bonchev–Trinajstić information content (AvgIpc) is 3.14. The van der Waals surface area contributed by atoms with Gasteiger partial charge in [-0.3, -0.25) is 19.5 Å². The van der Waals surface area contributed by atoms with E-state index in [-0.39, 0.29) is 51.7 Å². The molecule has 1 aromatic rings. The van der Waals surface area contributed by atoms with E-state index in [4.69, 9.17) is 23.7 Å². The highest BCUT2D eigenvalue weighted by Gasteiger charge is 2.21. The number of ether oxygens (including phenoxy) is 5. The highest BCUT2D eigenvalue weighted by atomic mass is 16.6. The van der Waals surface area contributed by atoms with E-state index >= 15 is 0 Å². The molecule has 0 aliphatic carbocycles. The summed E-state index contributed by atoms with van der Waals surface area (Å²) in [5.41, 5.74) is -1.79. The number of hydrogen-bond acceptors (Lipinski definition) is 14. The summed E-state index contributed by atoms with van der Waals surface area (Å²) in [6, 6.07) is 9.28. The second-order valence-corrected chi connectivity index (χ2v) is 19.3. The summed E-state index contributed by atoms with van der Waals surface area (Å²) in [6.45, 7) is 27.4. The molecular weight excluding hydrogens is 843 g/mol. The van der Waals surface area contributed by atoms with Crippen LogP contribution in [0.2, 0.25) is 0 Å². The fourth-order valence-electron chi connectivity index (χ4n) is 5.59. The van der Waals surface area contributed by atoms with Crippen molar-refractivity contribution >= 4 is 36.4 Å². The molecule has 0 aliphatic rings. The van der Waals surface area contributed by atoms with Crippen LogP contribution < -0.4 is 31.9 Å². The number of carbonyl (C=O) groups is 6. The maximum Gasteiger partial charge on any atom is 0.407 e. The predicted octanol–water partition coefficient (Wildman–Crippen LogP) is 4.42. The van der Waals surface area contributed by atoms with Crippen LogP contribution >= 0.6 is 0 Å². The maximum absolute atomic E-state index is 12.8. The number of hydrogen-bond donors (Lipinski definition) is 6. The third-order valence-electron chi connectivity index (χ3n) is 8.43. The lowest BCUT2D eigenvalue weighted by molar-refractivity contribution is -0.121. The standard InChI is InChI=1S/C45H81N9O11/c1-42(2,3)62-38(57)48-21-26-52(27-22-49-39(58)63-43(4,5)6)30-32-54(25-20-46-36(55)18-19-47-37(56)61-34-35-16-14-13-15-17-35)33-31-53(28-23-50-40(59)64-44(7,8)9)29-24-51-41(60)65-45(10,11)12/h13-17H,18-34H2,1-12H3,(H,46,55)(H,47,56)(H,48,57)(H,49,58)(H,50,59)(H,51,60). The van der Waals surface area contributed by atoms with E-state index in [2.05, 4.69) is 46.6 Å². The molecule has 0 saturated heterocycles. The lowest BCUT2D eigenvalue weighted by Gasteiger charge is -2.31. The minimum Gasteiger partial charge on any atom is -0.445 e. The molecule has 0 aromatic heterocycles. The van der Waals surface area contributed by atoms with Crippen molar-refractivity contribution in [2.24, 2.45) is 0 Å². The van der Waals surface area contributed by atoms with Gasteiger partial charge in [0, 0.05) is 105 Å². The van der Waals surface area contributed by atoms with Crippen molar-refractivity contribution in [3.05, 3.63) is 35.9 Å². The monoisotopic (exact) mass is 924 g/mol. The van der Waals surface area contributed by atoms with Crippen LogP contribution in [0, 0.1) is 0 Å². The Kier molecular flexibility index (Phi) is 26.3. The van der Waals surface area contributed by atoms with Gasteiger partial charge in [0.1, 0.15) is 29.0 Å². The molecule has 6 amide bonds. The van der Waals surface area contributed by atoms with Gasteiger partial charge in [0.25, 0.3) is 0 Å². The van der Waals surface area contributed by atoms with Gasteiger partial charge in [-0.05, 0) is 88.6 Å². The van der Waals surface area contributed by atoms with Crippen molar-refractivity contribution in [2.75, 3.05) is 98.2 Å². The van der Waals surface area contributed by atoms with E-state index in [1.807, 2.05) is 30.3 Å². The van der Waals surface area contributed by atoms with Gasteiger partial charge >= 0.3 is 30.5 Å². The van der Waals surface area contributed by atoms with Crippen molar-refractivity contribution < 1.29 is 52.5 Å². The topological polar surface area (TPSA) is 230 Å². The Morgan fingerprint density at radius 3 is 1.02 bits per heavy atom. The summed E-state index contributed by atoms with van der Waals surface area (Å²) in [7, 11) is 0. The first-order chi connectivity index (χ1) is 30.2. The maximum atomic E-state index is 12.8. The number of nitrogens with zero attached hydrogens (tertiary/aromatic N) is 3. The Morgan fingerprint density at radius 1 is 0.400 bits per heavy atom. The molecule has 1 aromatic carbocycles. The zero-order valence-electron chi connectivity index (χ0n) is 41.2. The summed E-state index contributed by atoms with van der Waals surface area (Å²) in [5.74, 6) is -0.251. The first-order valence-corrected chi connectivity index (χ1v) is 22.4. The van der Waals surface area contributed by atoms with Crippen LogP contribution in [-0.2, 0) is 35.1 Å². The van der Waals surface area contributed by atoms with Crippen molar-refractivity contribution in [2.45, 2.75) is 119 Å². The Morgan fingerprint density at radius 2 is 0.692 bits per heavy atom. The fourth-order valence-corrected chi connectivity index (χ4v) is 5.59. The Balaban J connectivity index is 3.09. The third kappa shape index (κ3) is 34.9. The first-order valence-electron chi connectivity index (χ1n) is 22.4. The molecule has 0 atom stereocenters.